The summed E-state index contributed by atoms with van der Waals surface area (Å²) in [4.78, 5) is 27.2. The lowest BCUT2D eigenvalue weighted by Crippen LogP contribution is -2.36. The van der Waals surface area contributed by atoms with Gasteiger partial charge in [0.05, 0.1) is 0 Å². The topological polar surface area (TPSA) is 123 Å². The molecule has 4 rings (SSSR count). The molecule has 1 saturated heterocycles. The highest BCUT2D eigenvalue weighted by molar-refractivity contribution is 5.77. The van der Waals surface area contributed by atoms with Crippen molar-refractivity contribution < 1.29 is 32.4 Å². The van der Waals surface area contributed by atoms with Crippen molar-refractivity contribution in [2.45, 2.75) is 56.5 Å². The molecule has 1 aromatic heterocycles. The third-order valence-corrected chi connectivity index (χ3v) is 5.27. The molecule has 1 aliphatic carbocycles. The minimum absolute atomic E-state index is 0.0431. The number of amides is 1. The molecule has 11 heteroatoms. The molecule has 3 N–H and O–H groups in total. The van der Waals surface area contributed by atoms with Crippen molar-refractivity contribution in [3.8, 4) is 0 Å². The van der Waals surface area contributed by atoms with Crippen LogP contribution in [-0.2, 0) is 16.0 Å². The minimum Gasteiger partial charge on any atom is -0.483 e. The van der Waals surface area contributed by atoms with Gasteiger partial charge in [-0.15, -0.1) is 0 Å². The smallest absolute Gasteiger partial charge is 0.290 e. The van der Waals surface area contributed by atoms with Gasteiger partial charge in [-0.2, -0.15) is 4.98 Å². The quantitative estimate of drug-likeness (QED) is 0.523. The van der Waals surface area contributed by atoms with Crippen LogP contribution in [0.5, 0.6) is 0 Å². The first kappa shape index (κ1) is 22.7. The number of rotatable bonds is 6. The third-order valence-electron chi connectivity index (χ3n) is 5.27. The van der Waals surface area contributed by atoms with Crippen LogP contribution in [0.1, 0.15) is 61.3 Å². The van der Waals surface area contributed by atoms with Crippen LogP contribution in [0, 0.1) is 17.5 Å². The number of halogens is 3. The van der Waals surface area contributed by atoms with Crippen LogP contribution >= 0.6 is 0 Å². The molecule has 1 aromatic carbocycles. The summed E-state index contributed by atoms with van der Waals surface area (Å²) in [6.45, 7) is 0.302. The molecule has 2 aromatic rings. The highest BCUT2D eigenvalue weighted by Gasteiger charge is 2.36. The molecule has 2 fully saturated rings. The highest BCUT2D eigenvalue weighted by atomic mass is 19.2. The van der Waals surface area contributed by atoms with E-state index in [1.165, 1.54) is 0 Å². The van der Waals surface area contributed by atoms with Gasteiger partial charge < -0.3 is 20.3 Å². The third kappa shape index (κ3) is 5.60. The van der Waals surface area contributed by atoms with E-state index in [9.17, 15) is 18.0 Å². The molecule has 8 nitrogen and oxygen atoms in total. The van der Waals surface area contributed by atoms with Crippen LogP contribution in [0.25, 0.3) is 0 Å². The summed E-state index contributed by atoms with van der Waals surface area (Å²) in [5.74, 6) is -1.98. The zero-order chi connectivity index (χ0) is 22.5. The van der Waals surface area contributed by atoms with Crippen molar-refractivity contribution in [2.24, 2.45) is 5.73 Å². The molecule has 2 heterocycles. The Morgan fingerprint density at radius 3 is 2.61 bits per heavy atom. The van der Waals surface area contributed by atoms with Gasteiger partial charge in [0.1, 0.15) is 11.9 Å². The van der Waals surface area contributed by atoms with Crippen LogP contribution < -0.4 is 5.73 Å². The van der Waals surface area contributed by atoms with Crippen LogP contribution in [0.4, 0.5) is 13.2 Å². The summed E-state index contributed by atoms with van der Waals surface area (Å²) in [6, 6.07) is 0.270. The Kier molecular flexibility index (Phi) is 7.26. The molecular formula is C20H23F3N4O4. The number of aromatic nitrogens is 2. The average molecular weight is 440 g/mol. The number of hydrogen-bond acceptors (Lipinski definition) is 6. The van der Waals surface area contributed by atoms with Crippen LogP contribution in [0.3, 0.4) is 0 Å². The molecule has 31 heavy (non-hydrogen) atoms. The summed E-state index contributed by atoms with van der Waals surface area (Å²) < 4.78 is 45.5. The second-order valence-corrected chi connectivity index (χ2v) is 7.64. The maximum absolute atomic E-state index is 13.8. The molecule has 1 amide bonds. The molecular weight excluding hydrogens is 417 g/mol. The van der Waals surface area contributed by atoms with Crippen LogP contribution in [0.2, 0.25) is 0 Å². The number of likely N-dealkylation sites (tertiary alicyclic amines) is 1. The highest BCUT2D eigenvalue weighted by Crippen LogP contribution is 2.39. The van der Waals surface area contributed by atoms with Crippen molar-refractivity contribution in [1.29, 1.82) is 0 Å². The second-order valence-electron chi connectivity index (χ2n) is 7.64. The maximum atomic E-state index is 13.8. The lowest BCUT2D eigenvalue weighted by molar-refractivity contribution is -0.133. The van der Waals surface area contributed by atoms with Crippen LogP contribution in [-0.4, -0.2) is 45.1 Å². The lowest BCUT2D eigenvalue weighted by Gasteiger charge is -2.23. The summed E-state index contributed by atoms with van der Waals surface area (Å²) in [6.07, 6.45) is 3.54. The number of carbonyl (C=O) groups is 2. The summed E-state index contributed by atoms with van der Waals surface area (Å²) in [5.41, 5.74) is 5.93. The number of nitrogens with two attached hydrogens (primary N) is 1. The zero-order valence-corrected chi connectivity index (χ0v) is 16.6. The van der Waals surface area contributed by atoms with E-state index in [1.807, 2.05) is 0 Å². The Bertz CT molecular complexity index is 935. The molecule has 2 aliphatic rings. The standard InChI is InChI=1S/C19H21F3N4O2.CH2O2/c20-13-9-15(22)14(21)7-11(13)6-12(23)8-17(27)26-5-1-2-16(26)19-24-18(25-28-19)10-3-4-10;2-1-3/h7,9-10,12,16H,1-6,8,23H2;1H,(H,2,3)/t12?,16-;/m0./s1. The predicted octanol–water partition coefficient (Wildman–Crippen LogP) is 2.69. The molecule has 0 spiro atoms. The molecule has 168 valence electrons. The van der Waals surface area contributed by atoms with E-state index in [4.69, 9.17) is 20.2 Å². The van der Waals surface area contributed by atoms with Gasteiger partial charge in [-0.1, -0.05) is 5.16 Å². The largest absolute Gasteiger partial charge is 0.483 e. The van der Waals surface area contributed by atoms with Crippen molar-refractivity contribution in [1.82, 2.24) is 15.0 Å². The predicted molar refractivity (Wildman–Crippen MR) is 101 cm³/mol. The molecule has 0 bridgehead atoms. The number of nitrogens with zero attached hydrogens (tertiary/aromatic N) is 3. The second kappa shape index (κ2) is 9.90. The zero-order valence-electron chi connectivity index (χ0n) is 16.6. The SMILES string of the molecule is NC(CC(=O)N1CCC[C@H]1c1nc(C2CC2)no1)Cc1cc(F)c(F)cc1F.O=CO. The fraction of sp³-hybridized carbons (Fsp3) is 0.500. The fourth-order valence-corrected chi connectivity index (χ4v) is 3.63. The summed E-state index contributed by atoms with van der Waals surface area (Å²) in [7, 11) is 0. The van der Waals surface area contributed by atoms with Gasteiger partial charge in [-0.05, 0) is 43.7 Å². The molecule has 1 aliphatic heterocycles. The fourth-order valence-electron chi connectivity index (χ4n) is 3.63. The van der Waals surface area contributed by atoms with Crippen molar-refractivity contribution in [2.75, 3.05) is 6.54 Å². The Labute approximate surface area is 176 Å². The molecule has 1 unspecified atom stereocenters. The van der Waals surface area contributed by atoms with E-state index < -0.39 is 23.5 Å². The molecule has 2 atom stereocenters. The Morgan fingerprint density at radius 2 is 1.94 bits per heavy atom. The number of carboxylic acid groups (broad SMARTS) is 1. The number of benzene rings is 1. The summed E-state index contributed by atoms with van der Waals surface area (Å²) in [5, 5.41) is 10.9. The Morgan fingerprint density at radius 1 is 1.26 bits per heavy atom. The van der Waals surface area contributed by atoms with Gasteiger partial charge in [0, 0.05) is 31.0 Å². The first-order valence-electron chi connectivity index (χ1n) is 9.93. The van der Waals surface area contributed by atoms with Crippen LogP contribution in [0.15, 0.2) is 16.7 Å². The lowest BCUT2D eigenvalue weighted by atomic mass is 10.0. The number of hydrogen-bond donors (Lipinski definition) is 2. The van der Waals surface area contributed by atoms with E-state index in [2.05, 4.69) is 10.1 Å². The average Bonchev–Trinajstić information content (AvgIpc) is 3.24. The van der Waals surface area contributed by atoms with E-state index in [1.54, 1.807) is 4.90 Å². The monoisotopic (exact) mass is 440 g/mol. The van der Waals surface area contributed by atoms with Crippen molar-refractivity contribution >= 4 is 12.4 Å². The Balaban J connectivity index is 0.000000858. The maximum Gasteiger partial charge on any atom is 0.290 e. The van der Waals surface area contributed by atoms with Gasteiger partial charge in [0.25, 0.3) is 6.47 Å². The summed E-state index contributed by atoms with van der Waals surface area (Å²) >= 11 is 0. The van der Waals surface area contributed by atoms with Gasteiger partial charge in [0.2, 0.25) is 11.8 Å². The van der Waals surface area contributed by atoms with Gasteiger partial charge >= 0.3 is 0 Å². The number of carbonyl (C=O) groups excluding carboxylic acids is 1. The van der Waals surface area contributed by atoms with Gasteiger partial charge in [-0.25, -0.2) is 13.2 Å². The molecule has 1 saturated carbocycles. The normalized spacial score (nSPS) is 19.0. The molecule has 0 radical (unpaired) electrons. The van der Waals surface area contributed by atoms with E-state index in [0.717, 1.165) is 31.7 Å². The van der Waals surface area contributed by atoms with Crippen molar-refractivity contribution in [3.63, 3.8) is 0 Å². The first-order valence-corrected chi connectivity index (χ1v) is 9.93. The van der Waals surface area contributed by atoms with E-state index in [-0.39, 0.29) is 36.8 Å². The first-order chi connectivity index (χ1) is 14.8. The van der Waals surface area contributed by atoms with Gasteiger partial charge in [-0.3, -0.25) is 9.59 Å². The Hall–Kier alpha value is -2.95. The minimum atomic E-state index is -1.25. The van der Waals surface area contributed by atoms with Crippen molar-refractivity contribution in [3.05, 3.63) is 46.9 Å². The van der Waals surface area contributed by atoms with E-state index in [0.29, 0.717) is 30.2 Å². The van der Waals surface area contributed by atoms with E-state index >= 15 is 0 Å². The van der Waals surface area contributed by atoms with Gasteiger partial charge in [0.15, 0.2) is 17.5 Å².